The van der Waals surface area contributed by atoms with Crippen LogP contribution in [0.3, 0.4) is 0 Å². The molecule has 0 saturated carbocycles. The van der Waals surface area contributed by atoms with Crippen molar-refractivity contribution in [3.05, 3.63) is 0 Å². The van der Waals surface area contributed by atoms with Crippen LogP contribution in [0, 0.1) is 5.92 Å². The Balaban J connectivity index is 2.95. The van der Waals surface area contributed by atoms with Crippen LogP contribution < -0.4 is 5.73 Å². The summed E-state index contributed by atoms with van der Waals surface area (Å²) in [5.74, 6) is -0.607. The predicted octanol–water partition coefficient (Wildman–Crippen LogP) is 0.519. The van der Waals surface area contributed by atoms with Crippen LogP contribution >= 0.6 is 0 Å². The normalized spacial score (nSPS) is 34.8. The molecule has 1 heterocycles. The van der Waals surface area contributed by atoms with Gasteiger partial charge in [0.15, 0.2) is 0 Å². The maximum Gasteiger partial charge on any atom is 0.325 e. The van der Waals surface area contributed by atoms with Crippen LogP contribution in [-0.2, 0) is 4.79 Å². The first kappa shape index (κ1) is 11.5. The second-order valence-corrected chi connectivity index (χ2v) is 4.62. The van der Waals surface area contributed by atoms with Gasteiger partial charge in [0.05, 0.1) is 0 Å². The Morgan fingerprint density at radius 3 is 2.57 bits per heavy atom. The van der Waals surface area contributed by atoms with Gasteiger partial charge in [-0.25, -0.2) is 0 Å². The zero-order valence-electron chi connectivity index (χ0n) is 9.16. The van der Waals surface area contributed by atoms with Gasteiger partial charge in [0, 0.05) is 6.04 Å². The highest BCUT2D eigenvalue weighted by molar-refractivity contribution is 5.79. The minimum atomic E-state index is -1.07. The SMILES string of the molecule is CC(C)C1N(C)CCCC1(N)C(=O)O. The van der Waals surface area contributed by atoms with E-state index in [4.69, 9.17) is 5.73 Å². The molecule has 0 aliphatic carbocycles. The molecule has 2 atom stereocenters. The van der Waals surface area contributed by atoms with Gasteiger partial charge in [0.2, 0.25) is 0 Å². The summed E-state index contributed by atoms with van der Waals surface area (Å²) in [6.07, 6.45) is 1.44. The number of hydrogen-bond acceptors (Lipinski definition) is 3. The molecule has 1 aliphatic heterocycles. The van der Waals surface area contributed by atoms with Crippen molar-refractivity contribution in [2.75, 3.05) is 13.6 Å². The number of carbonyl (C=O) groups is 1. The second kappa shape index (κ2) is 3.87. The van der Waals surface area contributed by atoms with Crippen LogP contribution in [0.1, 0.15) is 26.7 Å². The smallest absolute Gasteiger partial charge is 0.325 e. The van der Waals surface area contributed by atoms with E-state index in [1.54, 1.807) is 0 Å². The van der Waals surface area contributed by atoms with E-state index < -0.39 is 11.5 Å². The molecular weight excluding hydrogens is 180 g/mol. The van der Waals surface area contributed by atoms with Crippen LogP contribution in [0.2, 0.25) is 0 Å². The summed E-state index contributed by atoms with van der Waals surface area (Å²) in [4.78, 5) is 13.3. The molecule has 4 nitrogen and oxygen atoms in total. The third kappa shape index (κ3) is 1.77. The van der Waals surface area contributed by atoms with Crippen molar-refractivity contribution < 1.29 is 9.90 Å². The third-order valence-electron chi connectivity index (χ3n) is 3.13. The minimum Gasteiger partial charge on any atom is -0.480 e. The summed E-state index contributed by atoms with van der Waals surface area (Å²) < 4.78 is 0. The number of hydrogen-bond donors (Lipinski definition) is 2. The Hall–Kier alpha value is -0.610. The molecule has 1 aliphatic rings. The topological polar surface area (TPSA) is 66.6 Å². The summed E-state index contributed by atoms with van der Waals surface area (Å²) in [5.41, 5.74) is 4.93. The van der Waals surface area contributed by atoms with Crippen molar-refractivity contribution >= 4 is 5.97 Å². The van der Waals surface area contributed by atoms with Gasteiger partial charge in [-0.1, -0.05) is 13.8 Å². The van der Waals surface area contributed by atoms with E-state index in [1.807, 2.05) is 20.9 Å². The van der Waals surface area contributed by atoms with E-state index in [1.165, 1.54) is 0 Å². The quantitative estimate of drug-likeness (QED) is 0.682. The fourth-order valence-electron chi connectivity index (χ4n) is 2.64. The molecule has 0 amide bonds. The number of carboxylic acid groups (broad SMARTS) is 1. The summed E-state index contributed by atoms with van der Waals surface area (Å²) >= 11 is 0. The average Bonchev–Trinajstić information content (AvgIpc) is 2.02. The number of carboxylic acids is 1. The molecule has 0 bridgehead atoms. The summed E-state index contributed by atoms with van der Waals surface area (Å²) in [6.45, 7) is 4.99. The Bertz CT molecular complexity index is 230. The minimum absolute atomic E-state index is 0.0613. The van der Waals surface area contributed by atoms with E-state index >= 15 is 0 Å². The number of nitrogens with two attached hydrogens (primary N) is 1. The van der Waals surface area contributed by atoms with Gasteiger partial charge in [-0.2, -0.15) is 0 Å². The highest BCUT2D eigenvalue weighted by Crippen LogP contribution is 2.29. The molecule has 0 spiro atoms. The van der Waals surface area contributed by atoms with E-state index in [0.29, 0.717) is 6.42 Å². The number of aliphatic carboxylic acids is 1. The van der Waals surface area contributed by atoms with Gasteiger partial charge in [-0.05, 0) is 32.4 Å². The molecule has 14 heavy (non-hydrogen) atoms. The lowest BCUT2D eigenvalue weighted by molar-refractivity contribution is -0.149. The van der Waals surface area contributed by atoms with Gasteiger partial charge < -0.3 is 15.7 Å². The second-order valence-electron chi connectivity index (χ2n) is 4.62. The Morgan fingerprint density at radius 1 is 1.64 bits per heavy atom. The lowest BCUT2D eigenvalue weighted by atomic mass is 9.77. The Morgan fingerprint density at radius 2 is 2.21 bits per heavy atom. The van der Waals surface area contributed by atoms with E-state index in [-0.39, 0.29) is 12.0 Å². The molecular formula is C10H20N2O2. The standard InChI is InChI=1S/C10H20N2O2/c1-7(2)8-10(11,9(13)14)5-4-6-12(8)3/h7-8H,4-6,11H2,1-3H3,(H,13,14). The molecule has 1 saturated heterocycles. The Labute approximate surface area is 85.1 Å². The van der Waals surface area contributed by atoms with Crippen LogP contribution in [0.4, 0.5) is 0 Å². The van der Waals surface area contributed by atoms with E-state index in [2.05, 4.69) is 4.90 Å². The van der Waals surface area contributed by atoms with Gasteiger partial charge in [-0.15, -0.1) is 0 Å². The van der Waals surface area contributed by atoms with Crippen molar-refractivity contribution in [3.63, 3.8) is 0 Å². The molecule has 0 aromatic rings. The van der Waals surface area contributed by atoms with Crippen LogP contribution in [0.5, 0.6) is 0 Å². The fourth-order valence-corrected chi connectivity index (χ4v) is 2.64. The van der Waals surface area contributed by atoms with Gasteiger partial charge in [0.1, 0.15) is 5.54 Å². The maximum atomic E-state index is 11.2. The van der Waals surface area contributed by atoms with E-state index in [0.717, 1.165) is 13.0 Å². The number of likely N-dealkylation sites (tertiary alicyclic amines) is 1. The highest BCUT2D eigenvalue weighted by Gasteiger charge is 2.47. The van der Waals surface area contributed by atoms with Crippen LogP contribution in [0.25, 0.3) is 0 Å². The van der Waals surface area contributed by atoms with Crippen molar-refractivity contribution in [1.82, 2.24) is 4.90 Å². The molecule has 0 aromatic carbocycles. The summed E-state index contributed by atoms with van der Waals surface area (Å²) in [6, 6.07) is -0.0613. The molecule has 0 aromatic heterocycles. The average molecular weight is 200 g/mol. The predicted molar refractivity (Wildman–Crippen MR) is 55.0 cm³/mol. The first-order chi connectivity index (χ1) is 6.39. The molecule has 1 fully saturated rings. The van der Waals surface area contributed by atoms with Crippen molar-refractivity contribution in [2.24, 2.45) is 11.7 Å². The number of nitrogens with zero attached hydrogens (tertiary/aromatic N) is 1. The fraction of sp³-hybridized carbons (Fsp3) is 0.900. The third-order valence-corrected chi connectivity index (χ3v) is 3.13. The number of piperidine rings is 1. The molecule has 2 unspecified atom stereocenters. The highest BCUT2D eigenvalue weighted by atomic mass is 16.4. The zero-order valence-corrected chi connectivity index (χ0v) is 9.16. The molecule has 1 rings (SSSR count). The van der Waals surface area contributed by atoms with E-state index in [9.17, 15) is 9.90 Å². The summed E-state index contributed by atoms with van der Waals surface area (Å²) in [5, 5.41) is 9.18. The van der Waals surface area contributed by atoms with Crippen LogP contribution in [0.15, 0.2) is 0 Å². The molecule has 3 N–H and O–H groups in total. The van der Waals surface area contributed by atoms with Crippen LogP contribution in [-0.4, -0.2) is 41.1 Å². The molecule has 82 valence electrons. The first-order valence-corrected chi connectivity index (χ1v) is 5.12. The largest absolute Gasteiger partial charge is 0.480 e. The summed E-state index contributed by atoms with van der Waals surface area (Å²) in [7, 11) is 1.95. The van der Waals surface area contributed by atoms with Crippen molar-refractivity contribution in [3.8, 4) is 0 Å². The van der Waals surface area contributed by atoms with Gasteiger partial charge >= 0.3 is 5.97 Å². The lowest BCUT2D eigenvalue weighted by Gasteiger charge is -2.46. The molecule has 4 heteroatoms. The Kier molecular flexibility index (Phi) is 3.17. The maximum absolute atomic E-state index is 11.2. The monoisotopic (exact) mass is 200 g/mol. The van der Waals surface area contributed by atoms with Gasteiger partial charge in [-0.3, -0.25) is 4.79 Å². The number of likely N-dealkylation sites (N-methyl/N-ethyl adjacent to an activating group) is 1. The van der Waals surface area contributed by atoms with Crippen molar-refractivity contribution in [2.45, 2.75) is 38.3 Å². The lowest BCUT2D eigenvalue weighted by Crippen LogP contribution is -2.67. The molecule has 0 radical (unpaired) electrons. The number of rotatable bonds is 2. The first-order valence-electron chi connectivity index (χ1n) is 5.12. The van der Waals surface area contributed by atoms with Gasteiger partial charge in [0.25, 0.3) is 0 Å². The zero-order chi connectivity index (χ0) is 10.9. The van der Waals surface area contributed by atoms with Crippen molar-refractivity contribution in [1.29, 1.82) is 0 Å².